The van der Waals surface area contributed by atoms with E-state index in [1.54, 1.807) is 0 Å². The lowest BCUT2D eigenvalue weighted by Crippen LogP contribution is -2.14. The molecule has 0 saturated heterocycles. The van der Waals surface area contributed by atoms with Crippen LogP contribution in [0.5, 0.6) is 11.5 Å². The molecule has 1 unspecified atom stereocenters. The fraction of sp³-hybridized carbons (Fsp3) is 0.100. The van der Waals surface area contributed by atoms with Crippen molar-refractivity contribution in [2.24, 2.45) is 0 Å². The number of hydrogen-bond acceptors (Lipinski definition) is 2. The SMILES string of the molecule is ClNCC(c1ccccc1)c1ccc(Oc2ccccc2)cc1. The molecule has 1 N–H and O–H groups in total. The van der Waals surface area contributed by atoms with Gasteiger partial charge in [0.1, 0.15) is 11.5 Å². The summed E-state index contributed by atoms with van der Waals surface area (Å²) in [6, 6.07) is 28.3. The minimum absolute atomic E-state index is 0.208. The topological polar surface area (TPSA) is 21.3 Å². The molecule has 0 aliphatic heterocycles. The van der Waals surface area contributed by atoms with Crippen LogP contribution in [0.2, 0.25) is 0 Å². The summed E-state index contributed by atoms with van der Waals surface area (Å²) in [6.45, 7) is 0.671. The van der Waals surface area contributed by atoms with Gasteiger partial charge in [-0.3, -0.25) is 0 Å². The number of rotatable bonds is 6. The first-order valence-electron chi connectivity index (χ1n) is 7.58. The van der Waals surface area contributed by atoms with E-state index in [9.17, 15) is 0 Å². The summed E-state index contributed by atoms with van der Waals surface area (Å²) in [5.41, 5.74) is 2.43. The van der Waals surface area contributed by atoms with E-state index in [1.807, 2.05) is 60.7 Å². The van der Waals surface area contributed by atoms with Gasteiger partial charge in [0.05, 0.1) is 0 Å². The van der Waals surface area contributed by atoms with Gasteiger partial charge < -0.3 is 4.74 Å². The van der Waals surface area contributed by atoms with Crippen molar-refractivity contribution in [1.82, 2.24) is 4.84 Å². The molecule has 1 atom stereocenters. The van der Waals surface area contributed by atoms with Crippen molar-refractivity contribution in [3.8, 4) is 11.5 Å². The first-order valence-corrected chi connectivity index (χ1v) is 7.96. The lowest BCUT2D eigenvalue weighted by atomic mass is 9.91. The van der Waals surface area contributed by atoms with Gasteiger partial charge in [0.25, 0.3) is 0 Å². The largest absolute Gasteiger partial charge is 0.457 e. The quantitative estimate of drug-likeness (QED) is 0.617. The zero-order chi connectivity index (χ0) is 15.9. The third-order valence-electron chi connectivity index (χ3n) is 3.74. The Labute approximate surface area is 141 Å². The van der Waals surface area contributed by atoms with Crippen LogP contribution in [0, 0.1) is 0 Å². The van der Waals surface area contributed by atoms with Crippen molar-refractivity contribution >= 4 is 11.8 Å². The van der Waals surface area contributed by atoms with Crippen molar-refractivity contribution in [3.05, 3.63) is 96.1 Å². The van der Waals surface area contributed by atoms with E-state index in [4.69, 9.17) is 16.5 Å². The van der Waals surface area contributed by atoms with Gasteiger partial charge in [-0.1, -0.05) is 60.7 Å². The van der Waals surface area contributed by atoms with Crippen LogP contribution in [0.4, 0.5) is 0 Å². The van der Waals surface area contributed by atoms with E-state index in [0.717, 1.165) is 11.5 Å². The summed E-state index contributed by atoms with van der Waals surface area (Å²) in [6.07, 6.45) is 0. The Kier molecular flexibility index (Phi) is 5.30. The molecule has 0 aliphatic carbocycles. The second-order valence-corrected chi connectivity index (χ2v) is 5.55. The molecule has 3 heteroatoms. The summed E-state index contributed by atoms with van der Waals surface area (Å²) in [4.78, 5) is 2.76. The van der Waals surface area contributed by atoms with Crippen molar-refractivity contribution in [2.75, 3.05) is 6.54 Å². The van der Waals surface area contributed by atoms with E-state index in [1.165, 1.54) is 11.1 Å². The van der Waals surface area contributed by atoms with E-state index in [2.05, 4.69) is 29.1 Å². The Morgan fingerprint density at radius 2 is 1.22 bits per heavy atom. The summed E-state index contributed by atoms with van der Waals surface area (Å²) >= 11 is 5.76. The maximum atomic E-state index is 5.84. The zero-order valence-electron chi connectivity index (χ0n) is 12.7. The normalized spacial score (nSPS) is 11.9. The molecule has 0 saturated carbocycles. The molecule has 0 fully saturated rings. The summed E-state index contributed by atoms with van der Waals surface area (Å²) < 4.78 is 5.84. The Hall–Kier alpha value is -2.29. The molecule has 23 heavy (non-hydrogen) atoms. The molecular formula is C20H18ClNO. The van der Waals surface area contributed by atoms with Crippen LogP contribution in [0.25, 0.3) is 0 Å². The van der Waals surface area contributed by atoms with Gasteiger partial charge in [0, 0.05) is 12.5 Å². The van der Waals surface area contributed by atoms with Gasteiger partial charge in [0.2, 0.25) is 0 Å². The maximum absolute atomic E-state index is 5.84. The van der Waals surface area contributed by atoms with Crippen LogP contribution >= 0.6 is 11.8 Å². The van der Waals surface area contributed by atoms with Gasteiger partial charge in [-0.05, 0) is 47.2 Å². The number of halogens is 1. The summed E-state index contributed by atoms with van der Waals surface area (Å²) in [5.74, 6) is 1.87. The second-order valence-electron chi connectivity index (χ2n) is 5.29. The van der Waals surface area contributed by atoms with E-state index >= 15 is 0 Å². The molecule has 0 aromatic heterocycles. The standard InChI is InChI=1S/C20H18ClNO/c21-22-15-20(16-7-3-1-4-8-16)17-11-13-19(14-12-17)23-18-9-5-2-6-10-18/h1-14,20,22H,15H2. The van der Waals surface area contributed by atoms with Crippen molar-refractivity contribution in [1.29, 1.82) is 0 Å². The first-order chi connectivity index (χ1) is 11.4. The average molecular weight is 324 g/mol. The predicted molar refractivity (Wildman–Crippen MR) is 95.1 cm³/mol. The number of benzene rings is 3. The number of hydrogen-bond donors (Lipinski definition) is 1. The minimum Gasteiger partial charge on any atom is -0.457 e. The second kappa shape index (κ2) is 7.82. The number of ether oxygens (including phenoxy) is 1. The fourth-order valence-corrected chi connectivity index (χ4v) is 2.74. The zero-order valence-corrected chi connectivity index (χ0v) is 13.4. The van der Waals surface area contributed by atoms with Gasteiger partial charge in [-0.2, -0.15) is 0 Å². The maximum Gasteiger partial charge on any atom is 0.127 e. The van der Waals surface area contributed by atoms with Crippen molar-refractivity contribution < 1.29 is 4.74 Å². The van der Waals surface area contributed by atoms with E-state index < -0.39 is 0 Å². The highest BCUT2D eigenvalue weighted by Gasteiger charge is 2.13. The van der Waals surface area contributed by atoms with Gasteiger partial charge >= 0.3 is 0 Å². The van der Waals surface area contributed by atoms with Gasteiger partial charge in [0.15, 0.2) is 0 Å². The molecule has 3 aromatic rings. The van der Waals surface area contributed by atoms with Gasteiger partial charge in [-0.15, -0.1) is 0 Å². The molecule has 3 rings (SSSR count). The summed E-state index contributed by atoms with van der Waals surface area (Å²) in [5, 5.41) is 0. The lowest BCUT2D eigenvalue weighted by Gasteiger charge is -2.17. The van der Waals surface area contributed by atoms with Crippen LogP contribution in [0.1, 0.15) is 17.0 Å². The van der Waals surface area contributed by atoms with Crippen LogP contribution < -0.4 is 9.57 Å². The Morgan fingerprint density at radius 3 is 1.83 bits per heavy atom. The van der Waals surface area contributed by atoms with Crippen molar-refractivity contribution in [3.63, 3.8) is 0 Å². The highest BCUT2D eigenvalue weighted by atomic mass is 35.5. The molecule has 0 bridgehead atoms. The predicted octanol–water partition coefficient (Wildman–Crippen LogP) is 5.35. The van der Waals surface area contributed by atoms with Crippen LogP contribution in [0.3, 0.4) is 0 Å². The average Bonchev–Trinajstić information content (AvgIpc) is 2.62. The molecule has 0 spiro atoms. The molecule has 3 aromatic carbocycles. The lowest BCUT2D eigenvalue weighted by molar-refractivity contribution is 0.482. The Bertz CT molecular complexity index is 714. The highest BCUT2D eigenvalue weighted by Crippen LogP contribution is 2.27. The van der Waals surface area contributed by atoms with Crippen LogP contribution in [-0.2, 0) is 0 Å². The molecule has 0 amide bonds. The number of nitrogens with one attached hydrogen (secondary N) is 1. The number of para-hydroxylation sites is 1. The fourth-order valence-electron chi connectivity index (χ4n) is 2.58. The molecule has 116 valence electrons. The molecule has 0 radical (unpaired) electrons. The molecule has 0 aliphatic rings. The Balaban J connectivity index is 1.79. The third-order valence-corrected chi connectivity index (χ3v) is 3.90. The third kappa shape index (κ3) is 4.13. The highest BCUT2D eigenvalue weighted by molar-refractivity contribution is 6.13. The van der Waals surface area contributed by atoms with E-state index in [0.29, 0.717) is 6.54 Å². The smallest absolute Gasteiger partial charge is 0.127 e. The van der Waals surface area contributed by atoms with Crippen LogP contribution in [0.15, 0.2) is 84.9 Å². The minimum atomic E-state index is 0.208. The Morgan fingerprint density at radius 1 is 0.696 bits per heavy atom. The molecular weight excluding hydrogens is 306 g/mol. The molecule has 0 heterocycles. The molecule has 2 nitrogen and oxygen atoms in total. The monoisotopic (exact) mass is 323 g/mol. The van der Waals surface area contributed by atoms with E-state index in [-0.39, 0.29) is 5.92 Å². The van der Waals surface area contributed by atoms with Crippen LogP contribution in [-0.4, -0.2) is 6.54 Å². The van der Waals surface area contributed by atoms with Crippen molar-refractivity contribution in [2.45, 2.75) is 5.92 Å². The van der Waals surface area contributed by atoms with Gasteiger partial charge in [-0.25, -0.2) is 4.84 Å². The first kappa shape index (κ1) is 15.6. The summed E-state index contributed by atoms with van der Waals surface area (Å²) in [7, 11) is 0.